The molecule has 4 bridgehead atoms. The van der Waals surface area contributed by atoms with Crippen molar-refractivity contribution < 1.29 is 4.79 Å². The fraction of sp³-hybridized carbons (Fsp3) is 0.615. The molecule has 0 amide bonds. The van der Waals surface area contributed by atoms with E-state index in [0.29, 0.717) is 17.6 Å². The van der Waals surface area contributed by atoms with Crippen LogP contribution in [0, 0.1) is 23.2 Å². The third-order valence-corrected chi connectivity index (χ3v) is 8.31. The Labute approximate surface area is 173 Å². The van der Waals surface area contributed by atoms with Crippen molar-refractivity contribution >= 4 is 5.78 Å². The molecule has 4 saturated carbocycles. The second-order valence-electron chi connectivity index (χ2n) is 10.7. The summed E-state index contributed by atoms with van der Waals surface area (Å²) in [5, 5.41) is 0. The number of fused-ring (bicyclic) bond motifs is 1. The third-order valence-electron chi connectivity index (χ3n) is 8.31. The number of hydrogen-bond donors (Lipinski definition) is 0. The molecule has 1 aromatic carbocycles. The Kier molecular flexibility index (Phi) is 4.21. The van der Waals surface area contributed by atoms with Gasteiger partial charge in [-0.3, -0.25) is 4.79 Å². The molecular formula is C26H32N2O. The zero-order valence-corrected chi connectivity index (χ0v) is 17.4. The van der Waals surface area contributed by atoms with Crippen LogP contribution in [-0.2, 0) is 24.2 Å². The molecule has 0 saturated heterocycles. The summed E-state index contributed by atoms with van der Waals surface area (Å²) in [5.74, 6) is 4.52. The molecule has 29 heavy (non-hydrogen) atoms. The van der Waals surface area contributed by atoms with Crippen molar-refractivity contribution in [3.05, 3.63) is 41.9 Å². The highest BCUT2D eigenvalue weighted by Crippen LogP contribution is 2.61. The number of aryl methyl sites for hydroxylation is 3. The lowest BCUT2D eigenvalue weighted by Crippen LogP contribution is -2.46. The Morgan fingerprint density at radius 3 is 2.59 bits per heavy atom. The number of rotatable bonds is 6. The third kappa shape index (κ3) is 3.37. The molecule has 3 nitrogen and oxygen atoms in total. The fourth-order valence-electron chi connectivity index (χ4n) is 7.58. The largest absolute Gasteiger partial charge is 0.334 e. The van der Waals surface area contributed by atoms with Gasteiger partial charge in [0.05, 0.1) is 5.69 Å². The molecule has 2 aromatic rings. The molecule has 4 fully saturated rings. The van der Waals surface area contributed by atoms with Gasteiger partial charge in [0.25, 0.3) is 0 Å². The van der Waals surface area contributed by atoms with E-state index in [1.165, 1.54) is 61.9 Å². The van der Waals surface area contributed by atoms with E-state index in [-0.39, 0.29) is 0 Å². The molecule has 0 atom stereocenters. The summed E-state index contributed by atoms with van der Waals surface area (Å²) in [6.45, 7) is 1.10. The van der Waals surface area contributed by atoms with Crippen LogP contribution in [0.25, 0.3) is 11.3 Å². The van der Waals surface area contributed by atoms with Crippen molar-refractivity contribution in [2.24, 2.45) is 23.2 Å². The highest BCUT2D eigenvalue weighted by atomic mass is 16.1. The van der Waals surface area contributed by atoms with Crippen molar-refractivity contribution in [2.75, 3.05) is 0 Å². The van der Waals surface area contributed by atoms with Gasteiger partial charge in [0, 0.05) is 37.6 Å². The Balaban J connectivity index is 1.10. The van der Waals surface area contributed by atoms with Crippen LogP contribution in [0.4, 0.5) is 0 Å². The Morgan fingerprint density at radius 2 is 1.86 bits per heavy atom. The Morgan fingerprint density at radius 1 is 1.10 bits per heavy atom. The zero-order chi connectivity index (χ0) is 19.4. The number of carbonyl (C=O) groups is 1. The number of imidazole rings is 1. The molecular weight excluding hydrogens is 356 g/mol. The van der Waals surface area contributed by atoms with Gasteiger partial charge in [0.1, 0.15) is 11.6 Å². The average Bonchev–Trinajstić information content (AvgIpc) is 3.27. The van der Waals surface area contributed by atoms with Crippen molar-refractivity contribution in [3.8, 4) is 11.3 Å². The minimum absolute atomic E-state index is 0.380. The van der Waals surface area contributed by atoms with E-state index in [1.54, 1.807) is 0 Å². The quantitative estimate of drug-likeness (QED) is 0.645. The minimum Gasteiger partial charge on any atom is -0.334 e. The number of nitrogens with zero attached hydrogens (tertiary/aromatic N) is 2. The summed E-state index contributed by atoms with van der Waals surface area (Å²) < 4.78 is 2.29. The maximum atomic E-state index is 12.9. The van der Waals surface area contributed by atoms with Crippen LogP contribution >= 0.6 is 0 Å². The van der Waals surface area contributed by atoms with Gasteiger partial charge in [-0.2, -0.15) is 0 Å². The molecule has 2 heterocycles. The van der Waals surface area contributed by atoms with Crippen molar-refractivity contribution in [2.45, 2.75) is 77.2 Å². The first-order valence-corrected chi connectivity index (χ1v) is 11.8. The summed E-state index contributed by atoms with van der Waals surface area (Å²) in [6, 6.07) is 8.69. The van der Waals surface area contributed by atoms with Crippen LogP contribution in [-0.4, -0.2) is 15.3 Å². The average molecular weight is 389 g/mol. The molecule has 1 aromatic heterocycles. The zero-order valence-electron chi connectivity index (χ0n) is 17.4. The molecule has 0 unspecified atom stereocenters. The summed E-state index contributed by atoms with van der Waals surface area (Å²) in [4.78, 5) is 17.8. The summed E-state index contributed by atoms with van der Waals surface area (Å²) >= 11 is 0. The number of Topliss-reactive ketones (excluding diaryl/α,β-unsaturated/α-hetero) is 1. The van der Waals surface area contributed by atoms with Gasteiger partial charge in [-0.05, 0) is 86.2 Å². The number of benzene rings is 1. The van der Waals surface area contributed by atoms with Gasteiger partial charge in [-0.1, -0.05) is 18.2 Å². The van der Waals surface area contributed by atoms with Gasteiger partial charge < -0.3 is 4.57 Å². The highest BCUT2D eigenvalue weighted by molar-refractivity contribution is 5.79. The molecule has 0 radical (unpaired) electrons. The first-order chi connectivity index (χ1) is 14.1. The highest BCUT2D eigenvalue weighted by Gasteiger charge is 2.51. The van der Waals surface area contributed by atoms with E-state index in [4.69, 9.17) is 4.98 Å². The van der Waals surface area contributed by atoms with Gasteiger partial charge in [-0.25, -0.2) is 4.98 Å². The summed E-state index contributed by atoms with van der Waals surface area (Å²) in [7, 11) is 0. The predicted molar refractivity (Wildman–Crippen MR) is 115 cm³/mol. The fourth-order valence-corrected chi connectivity index (χ4v) is 7.58. The molecule has 7 rings (SSSR count). The van der Waals surface area contributed by atoms with E-state index >= 15 is 0 Å². The van der Waals surface area contributed by atoms with Crippen LogP contribution in [0.15, 0.2) is 30.5 Å². The maximum absolute atomic E-state index is 12.9. The molecule has 5 aliphatic rings. The molecule has 0 spiro atoms. The lowest BCUT2D eigenvalue weighted by Gasteiger charge is -2.56. The second-order valence-corrected chi connectivity index (χ2v) is 10.7. The second kappa shape index (κ2) is 6.82. The standard InChI is InChI=1S/C26H32N2O/c29-23(16-26-13-19-9-20(14-26)11-21(10-19)15-26)7-6-18-3-1-4-22(12-18)24-17-28-8-2-5-25(28)27-24/h1,3-4,12,17,19-21H,2,5-11,13-16H2. The number of carbonyl (C=O) groups excluding carboxylic acids is 1. The van der Waals surface area contributed by atoms with Gasteiger partial charge >= 0.3 is 0 Å². The molecule has 152 valence electrons. The maximum Gasteiger partial charge on any atom is 0.133 e. The molecule has 0 N–H and O–H groups in total. The topological polar surface area (TPSA) is 34.9 Å². The monoisotopic (exact) mass is 388 g/mol. The summed E-state index contributed by atoms with van der Waals surface area (Å²) in [6.07, 6.45) is 15.3. The number of aromatic nitrogens is 2. The van der Waals surface area contributed by atoms with Crippen LogP contribution in [0.5, 0.6) is 0 Å². The van der Waals surface area contributed by atoms with E-state index in [1.807, 2.05) is 0 Å². The number of hydrogen-bond acceptors (Lipinski definition) is 2. The first kappa shape index (κ1) is 17.9. The van der Waals surface area contributed by atoms with Gasteiger partial charge in [0.2, 0.25) is 0 Å². The van der Waals surface area contributed by atoms with Gasteiger partial charge in [0.15, 0.2) is 0 Å². The SMILES string of the molecule is O=C(CCc1cccc(-c2cn3c(n2)CCC3)c1)CC12CC3CC(CC(C3)C1)C2. The molecule has 3 heteroatoms. The summed E-state index contributed by atoms with van der Waals surface area (Å²) in [5.41, 5.74) is 3.93. The lowest BCUT2D eigenvalue weighted by atomic mass is 9.48. The van der Waals surface area contributed by atoms with Gasteiger partial charge in [-0.15, -0.1) is 0 Å². The normalized spacial score (nSPS) is 31.9. The smallest absolute Gasteiger partial charge is 0.133 e. The van der Waals surface area contributed by atoms with E-state index in [9.17, 15) is 4.79 Å². The van der Waals surface area contributed by atoms with Crippen LogP contribution < -0.4 is 0 Å². The van der Waals surface area contributed by atoms with Crippen LogP contribution in [0.2, 0.25) is 0 Å². The van der Waals surface area contributed by atoms with Crippen molar-refractivity contribution in [1.29, 1.82) is 0 Å². The van der Waals surface area contributed by atoms with E-state index in [0.717, 1.165) is 49.3 Å². The lowest BCUT2D eigenvalue weighted by molar-refractivity contribution is -0.127. The van der Waals surface area contributed by atoms with Crippen molar-refractivity contribution in [1.82, 2.24) is 9.55 Å². The Bertz CT molecular complexity index is 883. The first-order valence-electron chi connectivity index (χ1n) is 11.8. The van der Waals surface area contributed by atoms with E-state index in [2.05, 4.69) is 35.0 Å². The number of ketones is 1. The predicted octanol–water partition coefficient (Wildman–Crippen LogP) is 5.60. The minimum atomic E-state index is 0.380. The van der Waals surface area contributed by atoms with Crippen LogP contribution in [0.1, 0.15) is 69.2 Å². The van der Waals surface area contributed by atoms with Crippen LogP contribution in [0.3, 0.4) is 0 Å². The molecule has 1 aliphatic heterocycles. The van der Waals surface area contributed by atoms with E-state index < -0.39 is 0 Å². The molecule has 4 aliphatic carbocycles. The van der Waals surface area contributed by atoms with Crippen molar-refractivity contribution in [3.63, 3.8) is 0 Å². The Hall–Kier alpha value is -1.90.